The molecule has 1 unspecified atom stereocenters. The maximum Gasteiger partial charge on any atom is 0.131 e. The van der Waals surface area contributed by atoms with Gasteiger partial charge in [0.2, 0.25) is 0 Å². The molecule has 13 heavy (non-hydrogen) atoms. The molecule has 0 aromatic carbocycles. The van der Waals surface area contributed by atoms with Crippen molar-refractivity contribution in [1.82, 2.24) is 9.97 Å². The Bertz CT molecular complexity index is 308. The summed E-state index contributed by atoms with van der Waals surface area (Å²) in [7, 11) is 0. The first-order valence-corrected chi connectivity index (χ1v) is 4.59. The lowest BCUT2D eigenvalue weighted by Gasteiger charge is -2.14. The van der Waals surface area contributed by atoms with Crippen LogP contribution in [0.15, 0.2) is 12.4 Å². The van der Waals surface area contributed by atoms with Crippen molar-refractivity contribution < 1.29 is 5.11 Å². The minimum absolute atomic E-state index is 0.0630. The van der Waals surface area contributed by atoms with E-state index in [0.717, 1.165) is 12.2 Å². The fourth-order valence-electron chi connectivity index (χ4n) is 0.948. The maximum absolute atomic E-state index is 8.94. The average molecular weight is 199 g/mol. The highest BCUT2D eigenvalue weighted by molar-refractivity contribution is 7.71. The van der Waals surface area contributed by atoms with Crippen LogP contribution in [0, 0.1) is 4.64 Å². The van der Waals surface area contributed by atoms with Gasteiger partial charge in [0.1, 0.15) is 10.5 Å². The van der Waals surface area contributed by atoms with E-state index in [0.29, 0.717) is 4.64 Å². The Hall–Kier alpha value is -0.940. The van der Waals surface area contributed by atoms with E-state index in [1.54, 1.807) is 6.07 Å². The summed E-state index contributed by atoms with van der Waals surface area (Å²) >= 11 is 4.89. The molecule has 1 heterocycles. The average Bonchev–Trinajstić information content (AvgIpc) is 2.14. The first-order chi connectivity index (χ1) is 6.26. The van der Waals surface area contributed by atoms with Crippen LogP contribution in [-0.2, 0) is 0 Å². The Labute approximate surface area is 82.0 Å². The molecular weight excluding hydrogens is 186 g/mol. The summed E-state index contributed by atoms with van der Waals surface area (Å²) in [6.07, 6.45) is 2.40. The van der Waals surface area contributed by atoms with Crippen molar-refractivity contribution in [1.29, 1.82) is 0 Å². The van der Waals surface area contributed by atoms with E-state index in [2.05, 4.69) is 15.3 Å². The number of nitrogens with one attached hydrogen (secondary N) is 2. The van der Waals surface area contributed by atoms with Crippen LogP contribution in [-0.4, -0.2) is 27.7 Å². The second-order valence-electron chi connectivity index (χ2n) is 2.73. The summed E-state index contributed by atoms with van der Waals surface area (Å²) in [5, 5.41) is 12.0. The highest BCUT2D eigenvalue weighted by atomic mass is 32.1. The van der Waals surface area contributed by atoms with Crippen LogP contribution in [0.25, 0.3) is 0 Å². The van der Waals surface area contributed by atoms with Gasteiger partial charge in [0.05, 0.1) is 19.0 Å². The quantitative estimate of drug-likeness (QED) is 0.640. The lowest BCUT2D eigenvalue weighted by molar-refractivity contribution is 0.271. The third kappa shape index (κ3) is 3.12. The number of hydrogen-bond acceptors (Lipinski definition) is 4. The summed E-state index contributed by atoms with van der Waals surface area (Å²) in [5.41, 5.74) is 0. The highest BCUT2D eigenvalue weighted by Crippen LogP contribution is 2.04. The van der Waals surface area contributed by atoms with Crippen molar-refractivity contribution in [2.45, 2.75) is 19.4 Å². The number of aliphatic hydroxyl groups excluding tert-OH is 1. The summed E-state index contributed by atoms with van der Waals surface area (Å²) in [5.74, 6) is 0.793. The molecule has 0 fully saturated rings. The Morgan fingerprint density at radius 1 is 1.77 bits per heavy atom. The topological polar surface area (TPSA) is 60.9 Å². The van der Waals surface area contributed by atoms with Gasteiger partial charge in [0.25, 0.3) is 0 Å². The van der Waals surface area contributed by atoms with Crippen LogP contribution in [0.3, 0.4) is 0 Å². The van der Waals surface area contributed by atoms with E-state index >= 15 is 0 Å². The number of anilines is 1. The molecule has 1 atom stereocenters. The minimum Gasteiger partial charge on any atom is -0.394 e. The number of aliphatic hydroxyl groups is 1. The molecule has 0 saturated heterocycles. The molecular formula is C8H13N3OS. The molecule has 5 heteroatoms. The Morgan fingerprint density at radius 3 is 3.08 bits per heavy atom. The minimum atomic E-state index is 0.0630. The van der Waals surface area contributed by atoms with Crippen LogP contribution in [0.2, 0.25) is 0 Å². The summed E-state index contributed by atoms with van der Waals surface area (Å²) < 4.78 is 0.536. The van der Waals surface area contributed by atoms with E-state index in [9.17, 15) is 0 Å². The van der Waals surface area contributed by atoms with Crippen molar-refractivity contribution in [3.05, 3.63) is 17.0 Å². The molecule has 3 N–H and O–H groups in total. The monoisotopic (exact) mass is 199 g/mol. The Morgan fingerprint density at radius 2 is 2.54 bits per heavy atom. The van der Waals surface area contributed by atoms with Crippen molar-refractivity contribution in [3.63, 3.8) is 0 Å². The molecule has 0 saturated carbocycles. The molecule has 0 radical (unpaired) electrons. The molecule has 1 aromatic rings. The van der Waals surface area contributed by atoms with E-state index in [1.165, 1.54) is 6.33 Å². The molecule has 4 nitrogen and oxygen atoms in total. The first-order valence-electron chi connectivity index (χ1n) is 4.18. The zero-order chi connectivity index (χ0) is 9.68. The molecule has 0 spiro atoms. The first kappa shape index (κ1) is 10.1. The summed E-state index contributed by atoms with van der Waals surface area (Å²) in [6.45, 7) is 2.11. The molecule has 0 bridgehead atoms. The number of hydrogen-bond donors (Lipinski definition) is 3. The Balaban J connectivity index is 2.68. The van der Waals surface area contributed by atoms with Crippen molar-refractivity contribution >= 4 is 18.0 Å². The lowest BCUT2D eigenvalue weighted by Crippen LogP contribution is -2.23. The second kappa shape index (κ2) is 4.94. The van der Waals surface area contributed by atoms with Gasteiger partial charge >= 0.3 is 0 Å². The molecule has 0 aliphatic heterocycles. The van der Waals surface area contributed by atoms with E-state index in [4.69, 9.17) is 17.3 Å². The molecule has 0 aliphatic carbocycles. The SMILES string of the molecule is CCC(CO)Nc1cc(=S)nc[nH]1. The lowest BCUT2D eigenvalue weighted by atomic mass is 10.2. The fraction of sp³-hybridized carbons (Fsp3) is 0.500. The predicted octanol–water partition coefficient (Wildman–Crippen LogP) is 1.32. The standard InChI is InChI=1S/C8H13N3OS/c1-2-6(4-12)11-7-3-8(13)10-5-9-7/h3,5-6,12H,2,4H2,1H3,(H2,9,10,11,13). The van der Waals surface area contributed by atoms with Gasteiger partial charge in [-0.3, -0.25) is 0 Å². The van der Waals surface area contributed by atoms with Crippen LogP contribution >= 0.6 is 12.2 Å². The van der Waals surface area contributed by atoms with Crippen molar-refractivity contribution in [2.24, 2.45) is 0 Å². The zero-order valence-electron chi connectivity index (χ0n) is 7.45. The Kier molecular flexibility index (Phi) is 3.85. The molecule has 0 aliphatic rings. The molecule has 0 amide bonds. The summed E-state index contributed by atoms with van der Waals surface area (Å²) in [6, 6.07) is 1.79. The van der Waals surface area contributed by atoms with Gasteiger partial charge in [-0.1, -0.05) is 19.1 Å². The van der Waals surface area contributed by atoms with Crippen molar-refractivity contribution in [2.75, 3.05) is 11.9 Å². The van der Waals surface area contributed by atoms with Gasteiger partial charge in [-0.15, -0.1) is 0 Å². The largest absolute Gasteiger partial charge is 0.394 e. The molecule has 72 valence electrons. The second-order valence-corrected chi connectivity index (χ2v) is 3.15. The zero-order valence-corrected chi connectivity index (χ0v) is 8.27. The van der Waals surface area contributed by atoms with Crippen LogP contribution in [0.1, 0.15) is 13.3 Å². The normalized spacial score (nSPS) is 12.5. The van der Waals surface area contributed by atoms with Gasteiger partial charge in [0, 0.05) is 6.07 Å². The third-order valence-corrected chi connectivity index (χ3v) is 1.98. The number of aromatic nitrogens is 2. The third-order valence-electron chi connectivity index (χ3n) is 1.75. The van der Waals surface area contributed by atoms with Gasteiger partial charge < -0.3 is 15.4 Å². The van der Waals surface area contributed by atoms with E-state index in [-0.39, 0.29) is 12.6 Å². The molecule has 1 aromatic heterocycles. The number of H-pyrrole nitrogens is 1. The van der Waals surface area contributed by atoms with Crippen molar-refractivity contribution in [3.8, 4) is 0 Å². The van der Waals surface area contributed by atoms with Crippen LogP contribution in [0.4, 0.5) is 5.82 Å². The highest BCUT2D eigenvalue weighted by Gasteiger charge is 2.03. The smallest absolute Gasteiger partial charge is 0.131 e. The maximum atomic E-state index is 8.94. The van der Waals surface area contributed by atoms with Gasteiger partial charge in [0.15, 0.2) is 0 Å². The van der Waals surface area contributed by atoms with Crippen LogP contribution in [0.5, 0.6) is 0 Å². The van der Waals surface area contributed by atoms with Gasteiger partial charge in [-0.25, -0.2) is 4.98 Å². The summed E-state index contributed by atoms with van der Waals surface area (Å²) in [4.78, 5) is 6.76. The number of nitrogens with zero attached hydrogens (tertiary/aromatic N) is 1. The number of rotatable bonds is 4. The van der Waals surface area contributed by atoms with E-state index in [1.807, 2.05) is 6.92 Å². The van der Waals surface area contributed by atoms with Gasteiger partial charge in [-0.2, -0.15) is 0 Å². The fourth-order valence-corrected chi connectivity index (χ4v) is 1.12. The van der Waals surface area contributed by atoms with Gasteiger partial charge in [-0.05, 0) is 6.42 Å². The molecule has 1 rings (SSSR count). The van der Waals surface area contributed by atoms with Crippen LogP contribution < -0.4 is 5.32 Å². The number of aromatic amines is 1. The van der Waals surface area contributed by atoms with E-state index < -0.39 is 0 Å². The predicted molar refractivity (Wildman–Crippen MR) is 54.2 cm³/mol.